The lowest BCUT2D eigenvalue weighted by Gasteiger charge is -2.06. The van der Waals surface area contributed by atoms with Gasteiger partial charge in [0.2, 0.25) is 0 Å². The minimum Gasteiger partial charge on any atom is -0.342 e. The van der Waals surface area contributed by atoms with Gasteiger partial charge in [0.05, 0.1) is 34.1 Å². The summed E-state index contributed by atoms with van der Waals surface area (Å²) < 4.78 is 40.8. The molecule has 2 aromatic carbocycles. The monoisotopic (exact) mass is 372 g/mol. The second-order valence-electron chi connectivity index (χ2n) is 6.79. The lowest BCUT2D eigenvalue weighted by molar-refractivity contribution is -0.137. The third-order valence-electron chi connectivity index (χ3n) is 4.94. The molecule has 4 nitrogen and oxygen atoms in total. The molecular formula is C20H19F3N4. The van der Waals surface area contributed by atoms with Gasteiger partial charge in [0.15, 0.2) is 0 Å². The van der Waals surface area contributed by atoms with Crippen LogP contribution in [-0.2, 0) is 19.1 Å². The zero-order valence-corrected chi connectivity index (χ0v) is 15.3. The van der Waals surface area contributed by atoms with E-state index in [0.29, 0.717) is 23.3 Å². The number of benzene rings is 2. The van der Waals surface area contributed by atoms with Crippen LogP contribution in [0.4, 0.5) is 13.2 Å². The van der Waals surface area contributed by atoms with Crippen LogP contribution in [0.15, 0.2) is 30.3 Å². The number of H-pyrrole nitrogens is 1. The van der Waals surface area contributed by atoms with E-state index in [1.807, 2.05) is 6.92 Å². The molecule has 0 aliphatic rings. The Balaban J connectivity index is 1.75. The summed E-state index contributed by atoms with van der Waals surface area (Å²) in [4.78, 5) is 12.2. The fourth-order valence-corrected chi connectivity index (χ4v) is 3.39. The summed E-state index contributed by atoms with van der Waals surface area (Å²) in [5.74, 6) is 1.44. The number of fused-ring (bicyclic) bond motifs is 2. The van der Waals surface area contributed by atoms with Crippen molar-refractivity contribution in [2.75, 3.05) is 0 Å². The van der Waals surface area contributed by atoms with Crippen molar-refractivity contribution in [1.82, 2.24) is 19.5 Å². The van der Waals surface area contributed by atoms with Crippen LogP contribution in [0, 0.1) is 13.8 Å². The molecular weight excluding hydrogens is 353 g/mol. The maximum absolute atomic E-state index is 12.9. The van der Waals surface area contributed by atoms with Gasteiger partial charge < -0.3 is 9.55 Å². The van der Waals surface area contributed by atoms with E-state index in [4.69, 9.17) is 4.98 Å². The molecule has 2 aromatic heterocycles. The average Bonchev–Trinajstić information content (AvgIpc) is 3.14. The normalized spacial score (nSPS) is 12.4. The van der Waals surface area contributed by atoms with Crippen LogP contribution in [0.1, 0.15) is 35.3 Å². The van der Waals surface area contributed by atoms with Crippen LogP contribution in [-0.4, -0.2) is 19.5 Å². The lowest BCUT2D eigenvalue weighted by atomic mass is 10.1. The summed E-state index contributed by atoms with van der Waals surface area (Å²) in [7, 11) is 0. The number of aromatic nitrogens is 4. The molecule has 0 unspecified atom stereocenters. The van der Waals surface area contributed by atoms with Crippen LogP contribution in [0.5, 0.6) is 0 Å². The third kappa shape index (κ3) is 3.07. The third-order valence-corrected chi connectivity index (χ3v) is 4.94. The predicted octanol–water partition coefficient (Wildman–Crippen LogP) is 5.16. The summed E-state index contributed by atoms with van der Waals surface area (Å²) in [6.45, 7) is 6.93. The highest BCUT2D eigenvalue weighted by molar-refractivity contribution is 5.78. The van der Waals surface area contributed by atoms with Gasteiger partial charge in [-0.15, -0.1) is 0 Å². The second kappa shape index (κ2) is 6.11. The predicted molar refractivity (Wildman–Crippen MR) is 98.8 cm³/mol. The number of imidazole rings is 2. The summed E-state index contributed by atoms with van der Waals surface area (Å²) in [6.07, 6.45) is -3.94. The Morgan fingerprint density at radius 2 is 1.74 bits per heavy atom. The summed E-state index contributed by atoms with van der Waals surface area (Å²) >= 11 is 0. The van der Waals surface area contributed by atoms with Gasteiger partial charge in [-0.25, -0.2) is 9.97 Å². The molecule has 0 atom stereocenters. The molecule has 0 aliphatic heterocycles. The molecule has 2 heterocycles. The first kappa shape index (κ1) is 17.6. The summed E-state index contributed by atoms with van der Waals surface area (Å²) in [6, 6.07) is 7.74. The maximum atomic E-state index is 12.9. The quantitative estimate of drug-likeness (QED) is 0.540. The zero-order chi connectivity index (χ0) is 19.3. The average molecular weight is 372 g/mol. The first-order chi connectivity index (χ1) is 12.8. The Morgan fingerprint density at radius 3 is 2.44 bits per heavy atom. The van der Waals surface area contributed by atoms with Crippen molar-refractivity contribution in [3.8, 4) is 0 Å². The summed E-state index contributed by atoms with van der Waals surface area (Å²) in [5, 5.41) is 0. The van der Waals surface area contributed by atoms with Crippen molar-refractivity contribution in [2.45, 2.75) is 39.9 Å². The molecule has 0 bridgehead atoms. The molecule has 140 valence electrons. The van der Waals surface area contributed by atoms with Crippen LogP contribution in [0.25, 0.3) is 22.1 Å². The number of alkyl halides is 3. The Morgan fingerprint density at radius 1 is 1.00 bits per heavy atom. The topological polar surface area (TPSA) is 46.5 Å². The number of nitrogens with zero attached hydrogens (tertiary/aromatic N) is 3. The Bertz CT molecular complexity index is 1150. The van der Waals surface area contributed by atoms with Crippen LogP contribution < -0.4 is 0 Å². The summed E-state index contributed by atoms with van der Waals surface area (Å²) in [5.41, 5.74) is 4.58. The van der Waals surface area contributed by atoms with Crippen molar-refractivity contribution < 1.29 is 13.2 Å². The molecule has 0 saturated carbocycles. The molecule has 0 aliphatic carbocycles. The molecule has 4 aromatic rings. The molecule has 0 amide bonds. The largest absolute Gasteiger partial charge is 0.416 e. The Hall–Kier alpha value is -2.83. The van der Waals surface area contributed by atoms with Gasteiger partial charge in [-0.05, 0) is 62.2 Å². The van der Waals surface area contributed by atoms with Gasteiger partial charge in [0, 0.05) is 6.54 Å². The number of rotatable bonds is 3. The minimum atomic E-state index is -4.37. The van der Waals surface area contributed by atoms with Gasteiger partial charge in [-0.1, -0.05) is 0 Å². The molecule has 27 heavy (non-hydrogen) atoms. The van der Waals surface area contributed by atoms with Gasteiger partial charge >= 0.3 is 6.18 Å². The molecule has 0 saturated heterocycles. The molecule has 0 fully saturated rings. The molecule has 0 spiro atoms. The Labute approximate surface area is 154 Å². The van der Waals surface area contributed by atoms with Crippen molar-refractivity contribution in [3.63, 3.8) is 0 Å². The maximum Gasteiger partial charge on any atom is 0.416 e. The van der Waals surface area contributed by atoms with Crippen molar-refractivity contribution in [3.05, 3.63) is 58.7 Å². The first-order valence-electron chi connectivity index (χ1n) is 8.78. The zero-order valence-electron chi connectivity index (χ0n) is 15.3. The highest BCUT2D eigenvalue weighted by atomic mass is 19.4. The van der Waals surface area contributed by atoms with E-state index < -0.39 is 11.7 Å². The number of halogens is 3. The van der Waals surface area contributed by atoms with Gasteiger partial charge in [-0.3, -0.25) is 0 Å². The second-order valence-corrected chi connectivity index (χ2v) is 6.79. The number of hydrogen-bond acceptors (Lipinski definition) is 2. The van der Waals surface area contributed by atoms with Crippen molar-refractivity contribution in [1.29, 1.82) is 0 Å². The highest BCUT2D eigenvalue weighted by Gasteiger charge is 2.30. The number of aryl methyl sites for hydroxylation is 3. The van der Waals surface area contributed by atoms with E-state index in [1.165, 1.54) is 17.2 Å². The molecule has 7 heteroatoms. The van der Waals surface area contributed by atoms with Crippen LogP contribution in [0.2, 0.25) is 0 Å². The number of hydrogen-bond donors (Lipinski definition) is 1. The van der Waals surface area contributed by atoms with Gasteiger partial charge in [0.1, 0.15) is 11.6 Å². The highest BCUT2D eigenvalue weighted by Crippen LogP contribution is 2.31. The molecule has 0 radical (unpaired) electrons. The lowest BCUT2D eigenvalue weighted by Crippen LogP contribution is -2.04. The van der Waals surface area contributed by atoms with E-state index in [-0.39, 0.29) is 0 Å². The molecule has 4 rings (SSSR count). The SMILES string of the molecule is CCn1c(Cc2nc3ccc(C(F)(F)F)cc3[nH]2)nc2cc(C)c(C)cc21. The smallest absolute Gasteiger partial charge is 0.342 e. The van der Waals surface area contributed by atoms with Crippen LogP contribution in [0.3, 0.4) is 0 Å². The standard InChI is InChI=1S/C20H19F3N4/c1-4-27-17-8-12(3)11(2)7-16(17)26-19(27)10-18-24-14-6-5-13(20(21,22)23)9-15(14)25-18/h5-9H,4,10H2,1-3H3,(H,24,25). The fraction of sp³-hybridized carbons (Fsp3) is 0.300. The van der Waals surface area contributed by atoms with Crippen molar-refractivity contribution >= 4 is 22.1 Å². The number of nitrogens with one attached hydrogen (secondary N) is 1. The number of aromatic amines is 1. The fourth-order valence-electron chi connectivity index (χ4n) is 3.39. The van der Waals surface area contributed by atoms with Gasteiger partial charge in [-0.2, -0.15) is 13.2 Å². The Kier molecular flexibility index (Phi) is 3.98. The van der Waals surface area contributed by atoms with E-state index in [9.17, 15) is 13.2 Å². The minimum absolute atomic E-state index is 0.380. The van der Waals surface area contributed by atoms with E-state index in [0.717, 1.165) is 35.5 Å². The van der Waals surface area contributed by atoms with E-state index >= 15 is 0 Å². The van der Waals surface area contributed by atoms with E-state index in [1.54, 1.807) is 0 Å². The van der Waals surface area contributed by atoms with E-state index in [2.05, 4.69) is 40.5 Å². The van der Waals surface area contributed by atoms with Crippen LogP contribution >= 0.6 is 0 Å². The first-order valence-corrected chi connectivity index (χ1v) is 8.78. The van der Waals surface area contributed by atoms with Gasteiger partial charge in [0.25, 0.3) is 0 Å². The van der Waals surface area contributed by atoms with Crippen molar-refractivity contribution in [2.24, 2.45) is 0 Å². The molecule has 1 N–H and O–H groups in total.